The molecule has 0 unspecified atom stereocenters. The summed E-state index contributed by atoms with van der Waals surface area (Å²) in [7, 11) is 0. The van der Waals surface area contributed by atoms with Crippen LogP contribution in [0.25, 0.3) is 0 Å². The topological polar surface area (TPSA) is 29.1 Å². The quantitative estimate of drug-likeness (QED) is 0.570. The number of halogens is 2. The Morgan fingerprint density at radius 2 is 1.68 bits per heavy atom. The monoisotopic (exact) mass is 353 g/mol. The fourth-order valence-electron chi connectivity index (χ4n) is 1.97. The van der Waals surface area contributed by atoms with Crippen LogP contribution in [0, 0.1) is 0 Å². The second-order valence-electron chi connectivity index (χ2n) is 4.71. The molecule has 0 aliphatic carbocycles. The average molecular weight is 354 g/mol. The van der Waals surface area contributed by atoms with Crippen LogP contribution >= 0.6 is 35.0 Å². The maximum atomic E-state index is 11.8. The molecule has 116 valence electrons. The predicted octanol–water partition coefficient (Wildman–Crippen LogP) is 4.83. The fourth-order valence-corrected chi connectivity index (χ4v) is 3.35. The lowest BCUT2D eigenvalue weighted by molar-refractivity contribution is -0.120. The van der Waals surface area contributed by atoms with E-state index >= 15 is 0 Å². The second-order valence-corrected chi connectivity index (χ2v) is 6.69. The van der Waals surface area contributed by atoms with Crippen LogP contribution in [0.15, 0.2) is 53.4 Å². The van der Waals surface area contributed by atoms with Gasteiger partial charge < -0.3 is 5.32 Å². The highest BCUT2D eigenvalue weighted by molar-refractivity contribution is 7.99. The van der Waals surface area contributed by atoms with Crippen molar-refractivity contribution in [3.05, 3.63) is 64.1 Å². The minimum Gasteiger partial charge on any atom is -0.355 e. The Balaban J connectivity index is 1.68. The molecule has 5 heteroatoms. The number of carbonyl (C=O) groups excluding carboxylic acids is 1. The van der Waals surface area contributed by atoms with Crippen molar-refractivity contribution in [3.8, 4) is 0 Å². The minimum atomic E-state index is 0.0182. The molecule has 22 heavy (non-hydrogen) atoms. The van der Waals surface area contributed by atoms with Gasteiger partial charge in [-0.2, -0.15) is 0 Å². The van der Waals surface area contributed by atoms with Gasteiger partial charge in [-0.15, -0.1) is 11.8 Å². The van der Waals surface area contributed by atoms with E-state index in [1.54, 1.807) is 30.0 Å². The van der Waals surface area contributed by atoms with Gasteiger partial charge in [-0.1, -0.05) is 47.5 Å². The Labute approximate surface area is 145 Å². The summed E-state index contributed by atoms with van der Waals surface area (Å²) in [5, 5.41) is 4.14. The first-order valence-electron chi connectivity index (χ1n) is 7.04. The van der Waals surface area contributed by atoms with Gasteiger partial charge in [0.25, 0.3) is 0 Å². The Morgan fingerprint density at radius 1 is 1.00 bits per heavy atom. The highest BCUT2D eigenvalue weighted by atomic mass is 35.5. The highest BCUT2D eigenvalue weighted by Crippen LogP contribution is 2.25. The number of nitrogens with one attached hydrogen (secondary N) is 1. The minimum absolute atomic E-state index is 0.0182. The molecule has 2 nitrogen and oxygen atoms in total. The van der Waals surface area contributed by atoms with Crippen molar-refractivity contribution in [2.75, 3.05) is 12.3 Å². The van der Waals surface area contributed by atoms with E-state index in [1.165, 1.54) is 4.90 Å². The molecule has 0 fully saturated rings. The molecule has 2 aromatic rings. The van der Waals surface area contributed by atoms with E-state index in [2.05, 4.69) is 17.4 Å². The van der Waals surface area contributed by atoms with Gasteiger partial charge in [-0.05, 0) is 36.2 Å². The van der Waals surface area contributed by atoms with E-state index in [9.17, 15) is 4.79 Å². The maximum absolute atomic E-state index is 11.8. The van der Waals surface area contributed by atoms with Crippen molar-refractivity contribution in [3.63, 3.8) is 0 Å². The molecular formula is C17H17Cl2NOS. The molecule has 0 saturated heterocycles. The number of benzene rings is 2. The molecule has 2 rings (SSSR count). The normalized spacial score (nSPS) is 10.5. The summed E-state index contributed by atoms with van der Waals surface area (Å²) in [5.74, 6) is 0.868. The molecule has 0 bridgehead atoms. The van der Waals surface area contributed by atoms with E-state index in [-0.39, 0.29) is 5.91 Å². The lowest BCUT2D eigenvalue weighted by atomic mass is 10.1. The third-order valence-electron chi connectivity index (χ3n) is 3.10. The summed E-state index contributed by atoms with van der Waals surface area (Å²) < 4.78 is 0. The molecule has 0 aliphatic rings. The molecule has 0 aromatic heterocycles. The summed E-state index contributed by atoms with van der Waals surface area (Å²) in [6.07, 6.45) is 0.940. The van der Waals surface area contributed by atoms with Gasteiger partial charge in [-0.25, -0.2) is 0 Å². The van der Waals surface area contributed by atoms with Gasteiger partial charge in [0.2, 0.25) is 5.91 Å². The van der Waals surface area contributed by atoms with Crippen LogP contribution in [0.4, 0.5) is 0 Å². The summed E-state index contributed by atoms with van der Waals surface area (Å²) in [4.78, 5) is 13.1. The van der Waals surface area contributed by atoms with E-state index in [0.29, 0.717) is 29.4 Å². The first-order chi connectivity index (χ1) is 10.7. The van der Waals surface area contributed by atoms with E-state index < -0.39 is 0 Å². The van der Waals surface area contributed by atoms with Gasteiger partial charge in [0, 0.05) is 33.7 Å². The van der Waals surface area contributed by atoms with Gasteiger partial charge in [-0.3, -0.25) is 4.79 Å². The van der Waals surface area contributed by atoms with Gasteiger partial charge in [0.05, 0.1) is 0 Å². The lowest BCUT2D eigenvalue weighted by Crippen LogP contribution is -2.25. The molecule has 0 atom stereocenters. The fraction of sp³-hybridized carbons (Fsp3) is 0.235. The van der Waals surface area contributed by atoms with Gasteiger partial charge in [0.1, 0.15) is 0 Å². The number of amides is 1. The summed E-state index contributed by atoms with van der Waals surface area (Å²) >= 11 is 13.9. The summed E-state index contributed by atoms with van der Waals surface area (Å²) in [5.41, 5.74) is 0.833. The van der Waals surface area contributed by atoms with Crippen molar-refractivity contribution >= 4 is 40.9 Å². The van der Waals surface area contributed by atoms with Crippen molar-refractivity contribution in [1.82, 2.24) is 5.32 Å². The van der Waals surface area contributed by atoms with Gasteiger partial charge in [0.15, 0.2) is 0 Å². The van der Waals surface area contributed by atoms with Crippen LogP contribution < -0.4 is 5.32 Å². The van der Waals surface area contributed by atoms with Crippen molar-refractivity contribution < 1.29 is 4.79 Å². The van der Waals surface area contributed by atoms with E-state index in [0.717, 1.165) is 11.3 Å². The summed E-state index contributed by atoms with van der Waals surface area (Å²) in [6.45, 7) is 0.647. The first kappa shape index (κ1) is 17.2. The van der Waals surface area contributed by atoms with E-state index in [4.69, 9.17) is 23.2 Å². The second kappa shape index (κ2) is 9.09. The zero-order valence-electron chi connectivity index (χ0n) is 12.0. The predicted molar refractivity (Wildman–Crippen MR) is 95.0 cm³/mol. The van der Waals surface area contributed by atoms with Crippen molar-refractivity contribution in [2.24, 2.45) is 0 Å². The maximum Gasteiger partial charge on any atom is 0.220 e. The third-order valence-corrected chi connectivity index (χ3v) is 4.82. The average Bonchev–Trinajstić information content (AvgIpc) is 2.52. The smallest absolute Gasteiger partial charge is 0.220 e. The number of carbonyl (C=O) groups is 1. The number of thioether (sulfide) groups is 1. The molecular weight excluding hydrogens is 337 g/mol. The SMILES string of the molecule is O=C(CCc1c(Cl)cccc1Cl)NCCSc1ccccc1. The molecule has 1 N–H and O–H groups in total. The molecule has 0 aliphatic heterocycles. The zero-order valence-corrected chi connectivity index (χ0v) is 14.3. The molecule has 2 aromatic carbocycles. The molecule has 1 amide bonds. The van der Waals surface area contributed by atoms with Crippen LogP contribution in [0.5, 0.6) is 0 Å². The lowest BCUT2D eigenvalue weighted by Gasteiger charge is -2.08. The summed E-state index contributed by atoms with van der Waals surface area (Å²) in [6, 6.07) is 15.5. The Kier molecular flexibility index (Phi) is 7.10. The van der Waals surface area contributed by atoms with Crippen LogP contribution in [0.3, 0.4) is 0 Å². The molecule has 0 heterocycles. The van der Waals surface area contributed by atoms with Crippen LogP contribution in [0.2, 0.25) is 10.0 Å². The zero-order chi connectivity index (χ0) is 15.8. The molecule has 0 spiro atoms. The standard InChI is InChI=1S/C17H17Cl2NOS/c18-15-7-4-8-16(19)14(15)9-10-17(21)20-11-12-22-13-5-2-1-3-6-13/h1-8H,9-12H2,(H,20,21). The number of rotatable bonds is 7. The largest absolute Gasteiger partial charge is 0.355 e. The van der Waals surface area contributed by atoms with Crippen LogP contribution in [-0.2, 0) is 11.2 Å². The van der Waals surface area contributed by atoms with Crippen LogP contribution in [-0.4, -0.2) is 18.2 Å². The van der Waals surface area contributed by atoms with Gasteiger partial charge >= 0.3 is 0 Å². The Hall–Kier alpha value is -1.16. The number of hydrogen-bond donors (Lipinski definition) is 1. The van der Waals surface area contributed by atoms with Crippen LogP contribution in [0.1, 0.15) is 12.0 Å². The number of hydrogen-bond acceptors (Lipinski definition) is 2. The third kappa shape index (κ3) is 5.56. The first-order valence-corrected chi connectivity index (χ1v) is 8.78. The highest BCUT2D eigenvalue weighted by Gasteiger charge is 2.08. The molecule has 0 radical (unpaired) electrons. The molecule has 0 saturated carbocycles. The van der Waals surface area contributed by atoms with Crippen molar-refractivity contribution in [1.29, 1.82) is 0 Å². The Morgan fingerprint density at radius 3 is 2.36 bits per heavy atom. The van der Waals surface area contributed by atoms with Crippen molar-refractivity contribution in [2.45, 2.75) is 17.7 Å². The van der Waals surface area contributed by atoms with E-state index in [1.807, 2.05) is 18.2 Å². The Bertz CT molecular complexity index is 599.